The van der Waals surface area contributed by atoms with Crippen molar-refractivity contribution in [3.05, 3.63) is 64.7 Å². The summed E-state index contributed by atoms with van der Waals surface area (Å²) in [5, 5.41) is 3.77. The van der Waals surface area contributed by atoms with Crippen molar-refractivity contribution in [2.75, 3.05) is 12.4 Å². The summed E-state index contributed by atoms with van der Waals surface area (Å²) in [7, 11) is 1.79. The lowest BCUT2D eigenvalue weighted by atomic mass is 9.72. The van der Waals surface area contributed by atoms with E-state index in [1.54, 1.807) is 12.7 Å². The molecular weight excluding hydrogens is 378 g/mol. The number of nitrogens with one attached hydrogen (secondary N) is 1. The Morgan fingerprint density at radius 1 is 1.06 bits per heavy atom. The molecule has 2 aromatic carbocycles. The summed E-state index contributed by atoms with van der Waals surface area (Å²) in [5.41, 5.74) is 11.3. The van der Waals surface area contributed by atoms with Gasteiger partial charge >= 0.3 is 0 Å². The van der Waals surface area contributed by atoms with Crippen LogP contribution in [0, 0.1) is 0 Å². The number of hydrogen-bond donors (Lipinski definition) is 1. The number of fused-ring (bicyclic) bond motifs is 5. The summed E-state index contributed by atoms with van der Waals surface area (Å²) in [5.74, 6) is 1.50. The second-order valence-electron chi connectivity index (χ2n) is 10.2. The highest BCUT2D eigenvalue weighted by Crippen LogP contribution is 2.51. The fourth-order valence-corrected chi connectivity index (χ4v) is 6.10. The molecule has 1 unspecified atom stereocenters. The highest BCUT2D eigenvalue weighted by Gasteiger charge is 2.33. The quantitative estimate of drug-likeness (QED) is 0.517. The Bertz CT molecular complexity index is 1060. The van der Waals surface area contributed by atoms with Crippen molar-refractivity contribution < 1.29 is 4.74 Å². The molecule has 1 atom stereocenters. The average molecular weight is 414 g/mol. The lowest BCUT2D eigenvalue weighted by Gasteiger charge is -2.37. The number of allylic oxidation sites excluding steroid dienone is 3. The molecule has 1 heterocycles. The first-order valence-electron chi connectivity index (χ1n) is 12.0. The first-order valence-corrected chi connectivity index (χ1v) is 12.0. The van der Waals surface area contributed by atoms with Crippen LogP contribution in [0.5, 0.6) is 5.75 Å². The molecule has 0 aromatic heterocycles. The molecule has 1 fully saturated rings. The first-order chi connectivity index (χ1) is 15.0. The van der Waals surface area contributed by atoms with Crippen LogP contribution in [0.3, 0.4) is 0 Å². The summed E-state index contributed by atoms with van der Waals surface area (Å²) in [6.07, 6.45) is 13.9. The number of hydrogen-bond acceptors (Lipinski definition) is 2. The highest BCUT2D eigenvalue weighted by molar-refractivity contribution is 5.91. The van der Waals surface area contributed by atoms with Crippen molar-refractivity contribution >= 4 is 11.3 Å². The minimum Gasteiger partial charge on any atom is -0.496 e. The van der Waals surface area contributed by atoms with Gasteiger partial charge in [0.25, 0.3) is 0 Å². The lowest BCUT2D eigenvalue weighted by molar-refractivity contribution is 0.415. The maximum Gasteiger partial charge on any atom is 0.126 e. The zero-order chi connectivity index (χ0) is 21.6. The molecular formula is C29H35NO. The maximum absolute atomic E-state index is 5.82. The van der Waals surface area contributed by atoms with Gasteiger partial charge in [-0.1, -0.05) is 42.3 Å². The monoisotopic (exact) mass is 413 g/mol. The van der Waals surface area contributed by atoms with Crippen LogP contribution in [0.4, 0.5) is 5.69 Å². The van der Waals surface area contributed by atoms with Crippen LogP contribution in [0.2, 0.25) is 0 Å². The van der Waals surface area contributed by atoms with Crippen molar-refractivity contribution in [1.29, 1.82) is 0 Å². The third-order valence-corrected chi connectivity index (χ3v) is 7.34. The van der Waals surface area contributed by atoms with E-state index in [2.05, 4.69) is 68.6 Å². The van der Waals surface area contributed by atoms with Crippen LogP contribution >= 0.6 is 0 Å². The molecule has 2 nitrogen and oxygen atoms in total. The fourth-order valence-electron chi connectivity index (χ4n) is 6.10. The minimum atomic E-state index is -0.0187. The van der Waals surface area contributed by atoms with E-state index in [-0.39, 0.29) is 5.54 Å². The van der Waals surface area contributed by atoms with Gasteiger partial charge in [0.2, 0.25) is 0 Å². The summed E-state index contributed by atoms with van der Waals surface area (Å²) in [6.45, 7) is 6.79. The molecule has 0 bridgehead atoms. The summed E-state index contributed by atoms with van der Waals surface area (Å²) >= 11 is 0. The number of rotatable bonds is 3. The molecule has 0 saturated heterocycles. The van der Waals surface area contributed by atoms with Gasteiger partial charge in [-0.15, -0.1) is 0 Å². The summed E-state index contributed by atoms with van der Waals surface area (Å²) in [4.78, 5) is 0. The van der Waals surface area contributed by atoms with Gasteiger partial charge in [0.1, 0.15) is 5.75 Å². The Morgan fingerprint density at radius 3 is 2.65 bits per heavy atom. The molecule has 3 aliphatic rings. The molecule has 0 spiro atoms. The molecule has 162 valence electrons. The molecule has 0 radical (unpaired) electrons. The van der Waals surface area contributed by atoms with Crippen LogP contribution in [-0.4, -0.2) is 12.6 Å². The van der Waals surface area contributed by atoms with Gasteiger partial charge in [-0.3, -0.25) is 0 Å². The molecule has 2 aliphatic carbocycles. The molecule has 2 aromatic rings. The molecule has 2 heteroatoms. The second-order valence-corrected chi connectivity index (χ2v) is 10.2. The molecule has 0 amide bonds. The highest BCUT2D eigenvalue weighted by atomic mass is 16.5. The average Bonchev–Trinajstić information content (AvgIpc) is 2.76. The van der Waals surface area contributed by atoms with Crippen molar-refractivity contribution in [3.8, 4) is 16.9 Å². The van der Waals surface area contributed by atoms with Crippen LogP contribution in [-0.2, 0) is 6.42 Å². The topological polar surface area (TPSA) is 21.3 Å². The van der Waals surface area contributed by atoms with E-state index in [4.69, 9.17) is 4.74 Å². The maximum atomic E-state index is 5.82. The molecule has 31 heavy (non-hydrogen) atoms. The lowest BCUT2D eigenvalue weighted by Crippen LogP contribution is -2.32. The van der Waals surface area contributed by atoms with E-state index in [0.717, 1.165) is 18.6 Å². The smallest absolute Gasteiger partial charge is 0.126 e. The van der Waals surface area contributed by atoms with Crippen molar-refractivity contribution in [3.63, 3.8) is 0 Å². The Morgan fingerprint density at radius 2 is 1.87 bits per heavy atom. The SMILES string of the molecule is COc1cccc2c1-c1ccc3c(c1C(CC=C1CCCCC1)C2)C(C)=CC(C)(C)N3. The third-order valence-electron chi connectivity index (χ3n) is 7.34. The number of methoxy groups -OCH3 is 1. The number of anilines is 1. The van der Waals surface area contributed by atoms with Crippen LogP contribution in [0.25, 0.3) is 16.7 Å². The zero-order valence-electron chi connectivity index (χ0n) is 19.5. The fraction of sp³-hybridized carbons (Fsp3) is 0.448. The Kier molecular flexibility index (Phi) is 5.20. The van der Waals surface area contributed by atoms with Crippen LogP contribution in [0.15, 0.2) is 48.1 Å². The third kappa shape index (κ3) is 3.71. The summed E-state index contributed by atoms with van der Waals surface area (Å²) < 4.78 is 5.82. The Hall–Kier alpha value is -2.48. The van der Waals surface area contributed by atoms with E-state index < -0.39 is 0 Å². The zero-order valence-corrected chi connectivity index (χ0v) is 19.5. The van der Waals surface area contributed by atoms with Gasteiger partial charge in [-0.05, 0) is 99.6 Å². The van der Waals surface area contributed by atoms with Gasteiger partial charge in [0, 0.05) is 16.8 Å². The molecule has 1 N–H and O–H groups in total. The normalized spacial score (nSPS) is 21.2. The second kappa shape index (κ2) is 7.89. The number of ether oxygens (including phenoxy) is 1. The number of benzene rings is 2. The first kappa shape index (κ1) is 20.4. The van der Waals surface area contributed by atoms with Gasteiger partial charge < -0.3 is 10.1 Å². The van der Waals surface area contributed by atoms with Gasteiger partial charge in [0.05, 0.1) is 12.6 Å². The Labute approximate surface area is 187 Å². The minimum absolute atomic E-state index is 0.0187. The molecule has 1 aliphatic heterocycles. The van der Waals surface area contributed by atoms with Crippen LogP contribution in [0.1, 0.15) is 81.9 Å². The standard InChI is InChI=1S/C29H35NO/c1-19-18-29(2,3)30-24-16-15-23-27-21(11-8-12-25(27)31-4)17-22(28(23)26(19)24)14-13-20-9-6-5-7-10-20/h8,11-13,15-16,18,22,30H,5-7,9-10,14,17H2,1-4H3. The van der Waals surface area contributed by atoms with E-state index in [0.29, 0.717) is 5.92 Å². The summed E-state index contributed by atoms with van der Waals surface area (Å²) in [6, 6.07) is 11.2. The van der Waals surface area contributed by atoms with E-state index in [1.165, 1.54) is 71.2 Å². The Balaban J connectivity index is 1.66. The molecule has 5 rings (SSSR count). The van der Waals surface area contributed by atoms with Gasteiger partial charge in [-0.2, -0.15) is 0 Å². The van der Waals surface area contributed by atoms with Crippen LogP contribution < -0.4 is 10.1 Å². The van der Waals surface area contributed by atoms with Gasteiger partial charge in [-0.25, -0.2) is 0 Å². The molecule has 1 saturated carbocycles. The van der Waals surface area contributed by atoms with Crippen molar-refractivity contribution in [2.45, 2.75) is 77.2 Å². The van der Waals surface area contributed by atoms with E-state index in [9.17, 15) is 0 Å². The van der Waals surface area contributed by atoms with Crippen molar-refractivity contribution in [1.82, 2.24) is 0 Å². The predicted molar refractivity (Wildman–Crippen MR) is 132 cm³/mol. The predicted octanol–water partition coefficient (Wildman–Crippen LogP) is 7.89. The van der Waals surface area contributed by atoms with Crippen molar-refractivity contribution in [2.24, 2.45) is 0 Å². The van der Waals surface area contributed by atoms with E-state index in [1.807, 2.05) is 0 Å². The van der Waals surface area contributed by atoms with Gasteiger partial charge in [0.15, 0.2) is 0 Å². The van der Waals surface area contributed by atoms with E-state index >= 15 is 0 Å². The largest absolute Gasteiger partial charge is 0.496 e.